The Kier molecular flexibility index (Phi) is 5.63. The Hall–Kier alpha value is -4.67. The second-order valence-corrected chi connectivity index (χ2v) is 9.40. The maximum absolute atomic E-state index is 13.4. The van der Waals surface area contributed by atoms with Crippen molar-refractivity contribution in [1.29, 1.82) is 0 Å². The fourth-order valence-electron chi connectivity index (χ4n) is 5.19. The summed E-state index contributed by atoms with van der Waals surface area (Å²) in [5.74, 6) is 0.859. The number of benzene rings is 2. The summed E-state index contributed by atoms with van der Waals surface area (Å²) in [4.78, 5) is 46.6. The largest absolute Gasteiger partial charge is 0.496 e. The second kappa shape index (κ2) is 9.02. The molecule has 0 saturated carbocycles. The number of likely N-dealkylation sites (tertiary alicyclic amines) is 1. The Bertz CT molecular complexity index is 1630. The highest BCUT2D eigenvalue weighted by Gasteiger charge is 2.44. The molecule has 2 aromatic carbocycles. The van der Waals surface area contributed by atoms with Gasteiger partial charge in [0.2, 0.25) is 0 Å². The van der Waals surface area contributed by atoms with E-state index in [0.717, 1.165) is 5.39 Å². The second-order valence-electron chi connectivity index (χ2n) is 9.40. The van der Waals surface area contributed by atoms with Gasteiger partial charge in [-0.3, -0.25) is 19.1 Å². The first-order chi connectivity index (χ1) is 18.4. The van der Waals surface area contributed by atoms with Gasteiger partial charge in [0.15, 0.2) is 11.6 Å². The number of pyridine rings is 1. The lowest BCUT2D eigenvalue weighted by atomic mass is 9.82. The van der Waals surface area contributed by atoms with Crippen molar-refractivity contribution >= 4 is 22.6 Å². The molecule has 2 aliphatic rings. The molecule has 6 rings (SSSR count). The molecule has 4 aromatic rings. The fourth-order valence-corrected chi connectivity index (χ4v) is 5.19. The molecule has 1 fully saturated rings. The van der Waals surface area contributed by atoms with Crippen molar-refractivity contribution in [2.45, 2.75) is 24.9 Å². The average molecular weight is 517 g/mol. The van der Waals surface area contributed by atoms with Gasteiger partial charge in [0.05, 0.1) is 26.2 Å². The van der Waals surface area contributed by atoms with Crippen LogP contribution < -0.4 is 20.0 Å². The van der Waals surface area contributed by atoms with E-state index < -0.39 is 11.4 Å². The predicted octanol–water partition coefficient (Wildman–Crippen LogP) is 3.24. The first kappa shape index (κ1) is 23.7. The lowest BCUT2D eigenvalue weighted by molar-refractivity contribution is -0.00583. The molecule has 1 N–H and O–H groups in total. The predicted molar refractivity (Wildman–Crippen MR) is 135 cm³/mol. The highest BCUT2D eigenvalue weighted by atomic mass is 16.5. The topological polar surface area (TPSA) is 137 Å². The monoisotopic (exact) mass is 516 g/mol. The maximum atomic E-state index is 13.4. The molecule has 1 saturated heterocycles. The van der Waals surface area contributed by atoms with Gasteiger partial charge in [0, 0.05) is 42.9 Å². The van der Waals surface area contributed by atoms with E-state index in [2.05, 4.69) is 19.6 Å². The molecule has 1 amide bonds. The summed E-state index contributed by atoms with van der Waals surface area (Å²) in [6, 6.07) is 12.2. The molecule has 1 spiro atoms. The summed E-state index contributed by atoms with van der Waals surface area (Å²) in [6.07, 6.45) is 1.19. The quantitative estimate of drug-likeness (QED) is 0.433. The van der Waals surface area contributed by atoms with Crippen LogP contribution >= 0.6 is 0 Å². The van der Waals surface area contributed by atoms with Crippen LogP contribution in [0.25, 0.3) is 22.3 Å². The number of aromatic nitrogens is 3. The number of carbonyl (C=O) groups excluding carboxylic acids is 2. The Morgan fingerprint density at radius 3 is 2.55 bits per heavy atom. The van der Waals surface area contributed by atoms with Crippen LogP contribution in [0.3, 0.4) is 0 Å². The van der Waals surface area contributed by atoms with Crippen molar-refractivity contribution in [3.05, 3.63) is 64.3 Å². The van der Waals surface area contributed by atoms with Gasteiger partial charge in [0.25, 0.3) is 5.91 Å². The molecule has 0 unspecified atom stereocenters. The first-order valence-corrected chi connectivity index (χ1v) is 12.1. The van der Waals surface area contributed by atoms with Crippen LogP contribution in [0, 0.1) is 0 Å². The number of nitrogens with one attached hydrogen (secondary N) is 1. The number of piperidine rings is 1. The molecule has 0 radical (unpaired) electrons. The SMILES string of the molecule is COc1cc(C(=O)N2CCC3(CC2)CC(=O)c2cc(-c4noc(=O)[nH]4)ccc2O3)nc2c(OC)cccc12. The summed E-state index contributed by atoms with van der Waals surface area (Å²) >= 11 is 0. The molecule has 2 aromatic heterocycles. The Labute approximate surface area is 216 Å². The number of H-pyrrole nitrogens is 1. The number of ketones is 1. The van der Waals surface area contributed by atoms with Gasteiger partial charge < -0.3 is 19.1 Å². The molecule has 2 aliphatic heterocycles. The van der Waals surface area contributed by atoms with Gasteiger partial charge in [-0.25, -0.2) is 9.78 Å². The van der Waals surface area contributed by atoms with Gasteiger partial charge in [-0.05, 0) is 30.3 Å². The number of hydrogen-bond donors (Lipinski definition) is 1. The van der Waals surface area contributed by atoms with Gasteiger partial charge in [0.1, 0.15) is 34.1 Å². The summed E-state index contributed by atoms with van der Waals surface area (Å²) in [5.41, 5.74) is 1.11. The summed E-state index contributed by atoms with van der Waals surface area (Å²) in [7, 11) is 3.11. The molecular weight excluding hydrogens is 492 g/mol. The molecule has 4 heterocycles. The molecular formula is C27H24N4O7. The number of carbonyl (C=O) groups is 2. The number of ether oxygens (including phenoxy) is 3. The number of hydrogen-bond acceptors (Lipinski definition) is 9. The minimum absolute atomic E-state index is 0.0632. The van der Waals surface area contributed by atoms with Crippen molar-refractivity contribution in [3.8, 4) is 28.6 Å². The number of aromatic amines is 1. The van der Waals surface area contributed by atoms with E-state index in [0.29, 0.717) is 59.8 Å². The van der Waals surface area contributed by atoms with Crippen molar-refractivity contribution in [2.75, 3.05) is 27.3 Å². The number of methoxy groups -OCH3 is 2. The average Bonchev–Trinajstić information content (AvgIpc) is 3.38. The van der Waals surface area contributed by atoms with Crippen LogP contribution in [-0.4, -0.2) is 64.6 Å². The number of rotatable bonds is 4. The molecule has 194 valence electrons. The van der Waals surface area contributed by atoms with E-state index in [1.165, 1.54) is 0 Å². The van der Waals surface area contributed by atoms with E-state index in [1.54, 1.807) is 49.5 Å². The molecule has 0 aliphatic carbocycles. The zero-order chi connectivity index (χ0) is 26.4. The molecule has 38 heavy (non-hydrogen) atoms. The van der Waals surface area contributed by atoms with Crippen molar-refractivity contribution in [3.63, 3.8) is 0 Å². The van der Waals surface area contributed by atoms with Crippen LogP contribution in [0.4, 0.5) is 0 Å². The number of fused-ring (bicyclic) bond motifs is 2. The summed E-state index contributed by atoms with van der Waals surface area (Å²) in [6.45, 7) is 0.821. The Morgan fingerprint density at radius 1 is 1.05 bits per heavy atom. The third-order valence-electron chi connectivity index (χ3n) is 7.19. The van der Waals surface area contributed by atoms with Crippen LogP contribution in [0.5, 0.6) is 17.2 Å². The Morgan fingerprint density at radius 2 is 1.84 bits per heavy atom. The smallest absolute Gasteiger partial charge is 0.439 e. The lowest BCUT2D eigenvalue weighted by Crippen LogP contribution is -2.52. The van der Waals surface area contributed by atoms with Crippen molar-refractivity contribution in [2.24, 2.45) is 0 Å². The highest BCUT2D eigenvalue weighted by Crippen LogP contribution is 2.41. The minimum Gasteiger partial charge on any atom is -0.496 e. The van der Waals surface area contributed by atoms with Crippen LogP contribution in [0.15, 0.2) is 51.8 Å². The van der Waals surface area contributed by atoms with Gasteiger partial charge in [-0.2, -0.15) is 0 Å². The number of nitrogens with zero attached hydrogens (tertiary/aromatic N) is 3. The summed E-state index contributed by atoms with van der Waals surface area (Å²) < 4.78 is 21.9. The number of para-hydroxylation sites is 1. The Balaban J connectivity index is 1.21. The summed E-state index contributed by atoms with van der Waals surface area (Å²) in [5, 5.41) is 4.43. The van der Waals surface area contributed by atoms with Crippen LogP contribution in [-0.2, 0) is 0 Å². The van der Waals surface area contributed by atoms with Gasteiger partial charge in [-0.15, -0.1) is 0 Å². The highest BCUT2D eigenvalue weighted by molar-refractivity contribution is 6.01. The third-order valence-corrected chi connectivity index (χ3v) is 7.19. The third kappa shape index (κ3) is 3.96. The van der Waals surface area contributed by atoms with Gasteiger partial charge >= 0.3 is 5.76 Å². The van der Waals surface area contributed by atoms with Crippen molar-refractivity contribution in [1.82, 2.24) is 20.0 Å². The molecule has 0 bridgehead atoms. The van der Waals surface area contributed by atoms with E-state index in [4.69, 9.17) is 14.2 Å². The normalized spacial score (nSPS) is 16.3. The van der Waals surface area contributed by atoms with E-state index in [9.17, 15) is 14.4 Å². The lowest BCUT2D eigenvalue weighted by Gasteiger charge is -2.43. The molecule has 0 atom stereocenters. The molecule has 11 nitrogen and oxygen atoms in total. The standard InChI is InChI=1S/C27H24N4O7/c1-35-21-5-3-4-16-22(36-2)13-18(28-23(16)21)25(33)31-10-8-27(9-11-31)14-19(32)17-12-15(6-7-20(17)37-27)24-29-26(34)38-30-24/h3-7,12-13H,8-11,14H2,1-2H3,(H,29,30,34). The maximum Gasteiger partial charge on any atom is 0.439 e. The van der Waals surface area contributed by atoms with Crippen molar-refractivity contribution < 1.29 is 28.3 Å². The fraction of sp³-hybridized carbons (Fsp3) is 0.296. The zero-order valence-corrected chi connectivity index (χ0v) is 20.8. The van der Waals surface area contributed by atoms with E-state index >= 15 is 0 Å². The van der Waals surface area contributed by atoms with E-state index in [1.807, 2.05) is 12.1 Å². The first-order valence-electron chi connectivity index (χ1n) is 12.1. The van der Waals surface area contributed by atoms with Gasteiger partial charge in [-0.1, -0.05) is 11.2 Å². The van der Waals surface area contributed by atoms with E-state index in [-0.39, 0.29) is 29.6 Å². The zero-order valence-electron chi connectivity index (χ0n) is 20.8. The van der Waals surface area contributed by atoms with Crippen LogP contribution in [0.2, 0.25) is 0 Å². The van der Waals surface area contributed by atoms with Crippen LogP contribution in [0.1, 0.15) is 40.1 Å². The number of amides is 1. The minimum atomic E-state index is -0.692. The molecule has 11 heteroatoms. The number of Topliss-reactive ketones (excluding diaryl/α,β-unsaturated/α-hetero) is 1.